The minimum Gasteiger partial charge on any atom is -0.284 e. The molecule has 0 amide bonds. The number of carbonyl (C=O) groups is 1. The van der Waals surface area contributed by atoms with E-state index in [0.29, 0.717) is 5.84 Å². The molecule has 0 fully saturated rings. The van der Waals surface area contributed by atoms with Crippen molar-refractivity contribution in [1.29, 1.82) is 0 Å². The van der Waals surface area contributed by atoms with Crippen LogP contribution in [0.3, 0.4) is 0 Å². The van der Waals surface area contributed by atoms with Gasteiger partial charge in [-0.2, -0.15) is 0 Å². The van der Waals surface area contributed by atoms with Crippen molar-refractivity contribution in [1.82, 2.24) is 0 Å². The Kier molecular flexibility index (Phi) is 4.57. The molecule has 0 atom stereocenters. The summed E-state index contributed by atoms with van der Waals surface area (Å²) in [6, 6.07) is 21.5. The van der Waals surface area contributed by atoms with Crippen molar-refractivity contribution in [3.8, 4) is 0 Å². The molecule has 0 aliphatic carbocycles. The zero-order chi connectivity index (χ0) is 16.9. The molecule has 24 heavy (non-hydrogen) atoms. The van der Waals surface area contributed by atoms with Crippen LogP contribution in [-0.2, 0) is 16.1 Å². The maximum Gasteiger partial charge on any atom is 0.361 e. The van der Waals surface area contributed by atoms with E-state index in [1.54, 1.807) is 0 Å². The predicted molar refractivity (Wildman–Crippen MR) is 94.2 cm³/mol. The first kappa shape index (κ1) is 15.7. The Bertz CT molecular complexity index is 911. The number of hydrogen-bond donors (Lipinski definition) is 2. The van der Waals surface area contributed by atoms with E-state index in [0.717, 1.165) is 27.5 Å². The largest absolute Gasteiger partial charge is 0.361 e. The summed E-state index contributed by atoms with van der Waals surface area (Å²) in [5.41, 5.74) is 8.72. The van der Waals surface area contributed by atoms with Crippen LogP contribution >= 0.6 is 0 Å². The lowest BCUT2D eigenvalue weighted by Gasteiger charge is -2.04. The van der Waals surface area contributed by atoms with Gasteiger partial charge in [0.15, 0.2) is 0 Å². The van der Waals surface area contributed by atoms with Gasteiger partial charge in [0, 0.05) is 0 Å². The Morgan fingerprint density at radius 2 is 1.79 bits per heavy atom. The first-order chi connectivity index (χ1) is 11.6. The lowest BCUT2D eigenvalue weighted by atomic mass is 10.0. The maximum atomic E-state index is 12.1. The first-order valence-corrected chi connectivity index (χ1v) is 7.75. The summed E-state index contributed by atoms with van der Waals surface area (Å²) in [6.07, 6.45) is 0.176. The molecule has 0 aromatic heterocycles. The highest BCUT2D eigenvalue weighted by Crippen LogP contribution is 2.18. The third kappa shape index (κ3) is 3.60. The van der Waals surface area contributed by atoms with Crippen molar-refractivity contribution >= 4 is 22.6 Å². The summed E-state index contributed by atoms with van der Waals surface area (Å²) >= 11 is 0. The van der Waals surface area contributed by atoms with Gasteiger partial charge in [0.25, 0.3) is 0 Å². The van der Waals surface area contributed by atoms with Crippen LogP contribution in [0.5, 0.6) is 0 Å². The van der Waals surface area contributed by atoms with Crippen LogP contribution in [0, 0.1) is 6.92 Å². The Labute approximate surface area is 140 Å². The van der Waals surface area contributed by atoms with Gasteiger partial charge in [0.1, 0.15) is 0 Å². The highest BCUT2D eigenvalue weighted by atomic mass is 16.7. The van der Waals surface area contributed by atoms with Gasteiger partial charge in [-0.1, -0.05) is 65.3 Å². The molecular formula is C20H19N2O2+. The molecule has 120 valence electrons. The van der Waals surface area contributed by atoms with Gasteiger partial charge in [0.2, 0.25) is 0 Å². The van der Waals surface area contributed by atoms with Crippen LogP contribution in [0.15, 0.2) is 66.7 Å². The van der Waals surface area contributed by atoms with Crippen LogP contribution in [-0.4, -0.2) is 11.8 Å². The van der Waals surface area contributed by atoms with Crippen molar-refractivity contribution in [3.05, 3.63) is 83.4 Å². The van der Waals surface area contributed by atoms with E-state index in [1.807, 2.05) is 73.7 Å². The molecular weight excluding hydrogens is 300 g/mol. The molecule has 3 aromatic carbocycles. The van der Waals surface area contributed by atoms with Crippen LogP contribution < -0.4 is 10.9 Å². The molecule has 4 heteroatoms. The number of rotatable bonds is 4. The fourth-order valence-electron chi connectivity index (χ4n) is 2.62. The molecule has 0 heterocycles. The van der Waals surface area contributed by atoms with E-state index < -0.39 is 0 Å². The Balaban J connectivity index is 1.72. The summed E-state index contributed by atoms with van der Waals surface area (Å²) < 4.78 is 0. The lowest BCUT2D eigenvalue weighted by molar-refractivity contribution is -0.724. The molecule has 3 aromatic rings. The number of benzene rings is 3. The summed E-state index contributed by atoms with van der Waals surface area (Å²) in [6.45, 7) is 1.98. The number of hydrogen-bond acceptors (Lipinski definition) is 2. The molecule has 0 saturated heterocycles. The second-order valence-corrected chi connectivity index (χ2v) is 5.67. The Hall–Kier alpha value is -3.14. The average molecular weight is 319 g/mol. The molecule has 0 aliphatic rings. The zero-order valence-corrected chi connectivity index (χ0v) is 13.5. The maximum absolute atomic E-state index is 12.1. The van der Waals surface area contributed by atoms with Gasteiger partial charge in [-0.25, -0.2) is 4.79 Å². The average Bonchev–Trinajstić information content (AvgIpc) is 2.60. The van der Waals surface area contributed by atoms with Crippen molar-refractivity contribution in [2.24, 2.45) is 5.73 Å². The van der Waals surface area contributed by atoms with Crippen molar-refractivity contribution in [2.45, 2.75) is 13.3 Å². The monoisotopic (exact) mass is 319 g/mol. The molecule has 0 bridgehead atoms. The Morgan fingerprint density at radius 3 is 2.62 bits per heavy atom. The number of nitrogens with two attached hydrogens (primary N) is 1. The number of amidine groups is 1. The number of nitrogen functional groups attached to an aromatic ring is 1. The highest BCUT2D eigenvalue weighted by molar-refractivity contribution is 5.93. The smallest absolute Gasteiger partial charge is 0.284 e. The number of carbonyl (C=O) groups excluding carboxylic acids is 1. The number of nitrogens with one attached hydrogen (secondary N) is 1. The normalized spacial score (nSPS) is 11.5. The first-order valence-electron chi connectivity index (χ1n) is 7.75. The SMILES string of the molecule is Cc1cccc(C(N)=[NH+]OC(=O)Cc2cccc3ccccc23)c1. The lowest BCUT2D eigenvalue weighted by Crippen LogP contribution is -2.75. The van der Waals surface area contributed by atoms with Crippen molar-refractivity contribution in [2.75, 3.05) is 0 Å². The summed E-state index contributed by atoms with van der Waals surface area (Å²) in [5.74, 6) is -0.0769. The van der Waals surface area contributed by atoms with Crippen LogP contribution in [0.4, 0.5) is 0 Å². The second kappa shape index (κ2) is 6.96. The molecule has 0 aliphatic heterocycles. The zero-order valence-electron chi connectivity index (χ0n) is 13.5. The van der Waals surface area contributed by atoms with E-state index in [1.165, 1.54) is 0 Å². The third-order valence-corrected chi connectivity index (χ3v) is 3.82. The summed E-state index contributed by atoms with van der Waals surface area (Å²) in [4.78, 5) is 17.2. The summed E-state index contributed by atoms with van der Waals surface area (Å²) in [7, 11) is 0. The second-order valence-electron chi connectivity index (χ2n) is 5.67. The minimum atomic E-state index is -0.387. The van der Waals surface area contributed by atoms with Gasteiger partial charge in [-0.3, -0.25) is 10.6 Å². The fourth-order valence-corrected chi connectivity index (χ4v) is 2.62. The van der Waals surface area contributed by atoms with Crippen molar-refractivity contribution in [3.63, 3.8) is 0 Å². The van der Waals surface area contributed by atoms with Gasteiger partial charge >= 0.3 is 11.8 Å². The van der Waals surface area contributed by atoms with E-state index in [4.69, 9.17) is 10.6 Å². The van der Waals surface area contributed by atoms with Gasteiger partial charge < -0.3 is 0 Å². The highest BCUT2D eigenvalue weighted by Gasteiger charge is 2.11. The minimum absolute atomic E-state index is 0.176. The molecule has 3 rings (SSSR count). The van der Waals surface area contributed by atoms with Gasteiger partial charge in [-0.15, -0.1) is 0 Å². The van der Waals surface area contributed by atoms with Crippen molar-refractivity contribution < 1.29 is 14.8 Å². The molecule has 4 nitrogen and oxygen atoms in total. The molecule has 0 unspecified atom stereocenters. The third-order valence-electron chi connectivity index (χ3n) is 3.82. The van der Waals surface area contributed by atoms with Crippen LogP contribution in [0.25, 0.3) is 10.8 Å². The molecule has 0 radical (unpaired) electrons. The van der Waals surface area contributed by atoms with E-state index in [2.05, 4.69) is 5.16 Å². The quantitative estimate of drug-likeness (QED) is 0.332. The van der Waals surface area contributed by atoms with Crippen LogP contribution in [0.1, 0.15) is 16.7 Å². The Morgan fingerprint density at radius 1 is 1.04 bits per heavy atom. The van der Waals surface area contributed by atoms with Gasteiger partial charge in [0.05, 0.1) is 12.0 Å². The standard InChI is InChI=1S/C20H18N2O2/c1-14-6-4-10-17(12-14)20(21)22-24-19(23)13-16-9-5-8-15-7-2-3-11-18(15)16/h2-12H,13H2,1H3,(H2,21,22)/p+1. The van der Waals surface area contributed by atoms with E-state index in [-0.39, 0.29) is 12.4 Å². The molecule has 0 saturated carbocycles. The fraction of sp³-hybridized carbons (Fsp3) is 0.100. The topological polar surface area (TPSA) is 66.3 Å². The molecule has 3 N–H and O–H groups in total. The van der Waals surface area contributed by atoms with E-state index >= 15 is 0 Å². The van der Waals surface area contributed by atoms with Crippen LogP contribution in [0.2, 0.25) is 0 Å². The number of aryl methyl sites for hydroxylation is 1. The van der Waals surface area contributed by atoms with Gasteiger partial charge in [-0.05, 0) is 35.4 Å². The van der Waals surface area contributed by atoms with E-state index in [9.17, 15) is 4.79 Å². The molecule has 0 spiro atoms. The summed E-state index contributed by atoms with van der Waals surface area (Å²) in [5, 5.41) is 4.69. The number of fused-ring (bicyclic) bond motifs is 1. The predicted octanol–water partition coefficient (Wildman–Crippen LogP) is 1.64.